The van der Waals surface area contributed by atoms with Crippen molar-refractivity contribution in [2.45, 2.75) is 19.4 Å². The number of aldehydes is 1. The molecule has 4 heteroatoms. The first kappa shape index (κ1) is 12.4. The maximum Gasteiger partial charge on any atom is 0.150 e. The van der Waals surface area contributed by atoms with Gasteiger partial charge in [0.2, 0.25) is 0 Å². The van der Waals surface area contributed by atoms with Crippen LogP contribution in [0.2, 0.25) is 5.02 Å². The molecule has 1 heterocycles. The van der Waals surface area contributed by atoms with Gasteiger partial charge in [0.1, 0.15) is 6.29 Å². The van der Waals surface area contributed by atoms with E-state index in [2.05, 4.69) is 11.8 Å². The summed E-state index contributed by atoms with van der Waals surface area (Å²) in [7, 11) is 0. The van der Waals surface area contributed by atoms with Gasteiger partial charge in [0, 0.05) is 18.7 Å². The van der Waals surface area contributed by atoms with Crippen LogP contribution in [0.5, 0.6) is 0 Å². The van der Waals surface area contributed by atoms with Crippen LogP contribution < -0.4 is 4.90 Å². The molecule has 17 heavy (non-hydrogen) atoms. The van der Waals surface area contributed by atoms with Crippen molar-refractivity contribution < 1.29 is 9.90 Å². The minimum atomic E-state index is -0.314. The van der Waals surface area contributed by atoms with E-state index >= 15 is 0 Å². The third-order valence-corrected chi connectivity index (χ3v) is 3.67. The number of β-amino-alcohol motifs (C(OH)–C–C–N with tert-alkyl or cyclic N) is 1. The number of anilines is 1. The van der Waals surface area contributed by atoms with Gasteiger partial charge in [0.15, 0.2) is 0 Å². The molecule has 1 saturated heterocycles. The first-order valence-electron chi connectivity index (χ1n) is 5.79. The van der Waals surface area contributed by atoms with E-state index < -0.39 is 0 Å². The number of carbonyl (C=O) groups is 1. The molecular formula is C13H16ClNO2. The molecular weight excluding hydrogens is 238 g/mol. The molecule has 92 valence electrons. The number of benzene rings is 1. The Morgan fingerprint density at radius 1 is 1.53 bits per heavy atom. The minimum Gasteiger partial charge on any atom is -0.391 e. The quantitative estimate of drug-likeness (QED) is 0.823. The summed E-state index contributed by atoms with van der Waals surface area (Å²) in [5.41, 5.74) is 1.47. The number of hydrogen-bond acceptors (Lipinski definition) is 3. The topological polar surface area (TPSA) is 40.5 Å². The second kappa shape index (κ2) is 5.07. The Morgan fingerprint density at radius 3 is 2.88 bits per heavy atom. The fourth-order valence-electron chi connectivity index (χ4n) is 2.12. The fraction of sp³-hybridized carbons (Fsp3) is 0.462. The van der Waals surface area contributed by atoms with Crippen molar-refractivity contribution in [3.8, 4) is 0 Å². The molecule has 0 spiro atoms. The Morgan fingerprint density at radius 2 is 2.29 bits per heavy atom. The number of piperidine rings is 1. The first-order valence-corrected chi connectivity index (χ1v) is 6.17. The van der Waals surface area contributed by atoms with Gasteiger partial charge in [-0.1, -0.05) is 18.5 Å². The molecule has 3 nitrogen and oxygen atoms in total. The van der Waals surface area contributed by atoms with E-state index in [1.165, 1.54) is 0 Å². The van der Waals surface area contributed by atoms with Gasteiger partial charge in [-0.2, -0.15) is 0 Å². The summed E-state index contributed by atoms with van der Waals surface area (Å²) in [5.74, 6) is 0.333. The second-order valence-corrected chi connectivity index (χ2v) is 5.02. The normalized spacial score (nSPS) is 24.8. The maximum absolute atomic E-state index is 10.6. The van der Waals surface area contributed by atoms with E-state index in [0.717, 1.165) is 24.9 Å². The number of aliphatic hydroxyl groups is 1. The van der Waals surface area contributed by atoms with E-state index in [-0.39, 0.29) is 6.10 Å². The van der Waals surface area contributed by atoms with Crippen LogP contribution in [0.4, 0.5) is 5.69 Å². The zero-order valence-electron chi connectivity index (χ0n) is 9.77. The molecule has 0 radical (unpaired) electrons. The van der Waals surface area contributed by atoms with Gasteiger partial charge >= 0.3 is 0 Å². The lowest BCUT2D eigenvalue weighted by atomic mass is 9.95. The van der Waals surface area contributed by atoms with Crippen LogP contribution in [0, 0.1) is 5.92 Å². The Balaban J connectivity index is 2.20. The highest BCUT2D eigenvalue weighted by atomic mass is 35.5. The summed E-state index contributed by atoms with van der Waals surface area (Å²) in [6, 6.07) is 5.25. The summed E-state index contributed by atoms with van der Waals surface area (Å²) >= 11 is 6.14. The van der Waals surface area contributed by atoms with E-state index in [4.69, 9.17) is 11.6 Å². The Hall–Kier alpha value is -1.06. The van der Waals surface area contributed by atoms with Crippen LogP contribution in [0.3, 0.4) is 0 Å². The number of halogens is 1. The Kier molecular flexibility index (Phi) is 3.69. The van der Waals surface area contributed by atoms with Crippen molar-refractivity contribution in [1.29, 1.82) is 0 Å². The van der Waals surface area contributed by atoms with Crippen LogP contribution in [0.15, 0.2) is 18.2 Å². The predicted octanol–water partition coefficient (Wildman–Crippen LogP) is 2.36. The van der Waals surface area contributed by atoms with Gasteiger partial charge in [-0.3, -0.25) is 4.79 Å². The molecule has 1 aliphatic heterocycles. The van der Waals surface area contributed by atoms with Crippen molar-refractivity contribution in [2.24, 2.45) is 5.92 Å². The van der Waals surface area contributed by atoms with Crippen LogP contribution in [0.25, 0.3) is 0 Å². The van der Waals surface area contributed by atoms with Gasteiger partial charge in [0.25, 0.3) is 0 Å². The van der Waals surface area contributed by atoms with Crippen molar-refractivity contribution in [1.82, 2.24) is 0 Å². The van der Waals surface area contributed by atoms with Crippen LogP contribution in [-0.2, 0) is 0 Å². The highest BCUT2D eigenvalue weighted by molar-refractivity contribution is 6.33. The number of aliphatic hydroxyl groups excluding tert-OH is 1. The fourth-order valence-corrected chi connectivity index (χ4v) is 2.43. The van der Waals surface area contributed by atoms with Crippen LogP contribution in [0.1, 0.15) is 23.7 Å². The standard InChI is InChI=1S/C13H16ClNO2/c1-9-4-5-15(7-13(9)17)12-3-2-10(8-16)6-11(12)14/h2-3,6,8-9,13,17H,4-5,7H2,1H3. The average molecular weight is 254 g/mol. The third kappa shape index (κ3) is 2.61. The first-order chi connectivity index (χ1) is 8.11. The molecule has 1 N–H and O–H groups in total. The molecule has 1 fully saturated rings. The molecule has 0 amide bonds. The SMILES string of the molecule is CC1CCN(c2ccc(C=O)cc2Cl)CC1O. The monoisotopic (exact) mass is 253 g/mol. The molecule has 0 aliphatic carbocycles. The molecule has 0 saturated carbocycles. The summed E-state index contributed by atoms with van der Waals surface area (Å²) in [5, 5.41) is 10.4. The van der Waals surface area contributed by atoms with Gasteiger partial charge in [0.05, 0.1) is 16.8 Å². The number of carbonyl (C=O) groups excluding carboxylic acids is 1. The maximum atomic E-state index is 10.6. The van der Waals surface area contributed by atoms with Crippen LogP contribution >= 0.6 is 11.6 Å². The number of nitrogens with zero attached hydrogens (tertiary/aromatic N) is 1. The van der Waals surface area contributed by atoms with Crippen molar-refractivity contribution in [2.75, 3.05) is 18.0 Å². The molecule has 1 aromatic carbocycles. The highest BCUT2D eigenvalue weighted by Gasteiger charge is 2.25. The van der Waals surface area contributed by atoms with E-state index in [0.29, 0.717) is 23.0 Å². The van der Waals surface area contributed by atoms with Gasteiger partial charge in [-0.15, -0.1) is 0 Å². The van der Waals surface area contributed by atoms with E-state index in [1.54, 1.807) is 12.1 Å². The molecule has 1 aliphatic rings. The summed E-state index contributed by atoms with van der Waals surface area (Å²) in [6.07, 6.45) is 1.42. The Labute approximate surface area is 106 Å². The smallest absolute Gasteiger partial charge is 0.150 e. The van der Waals surface area contributed by atoms with E-state index in [9.17, 15) is 9.90 Å². The zero-order valence-corrected chi connectivity index (χ0v) is 10.5. The Bertz CT molecular complexity index is 422. The number of rotatable bonds is 2. The lowest BCUT2D eigenvalue weighted by molar-refractivity contribution is 0.103. The summed E-state index contributed by atoms with van der Waals surface area (Å²) < 4.78 is 0. The van der Waals surface area contributed by atoms with Crippen LogP contribution in [-0.4, -0.2) is 30.6 Å². The summed E-state index contributed by atoms with van der Waals surface area (Å²) in [6.45, 7) is 3.54. The number of hydrogen-bond donors (Lipinski definition) is 1. The molecule has 1 aromatic rings. The van der Waals surface area contributed by atoms with Gasteiger partial charge in [-0.25, -0.2) is 0 Å². The molecule has 2 atom stereocenters. The van der Waals surface area contributed by atoms with Gasteiger partial charge in [-0.05, 0) is 30.5 Å². The third-order valence-electron chi connectivity index (χ3n) is 3.37. The lowest BCUT2D eigenvalue weighted by Gasteiger charge is -2.36. The highest BCUT2D eigenvalue weighted by Crippen LogP contribution is 2.30. The van der Waals surface area contributed by atoms with E-state index in [1.807, 2.05) is 6.07 Å². The lowest BCUT2D eigenvalue weighted by Crippen LogP contribution is -2.43. The predicted molar refractivity (Wildman–Crippen MR) is 68.8 cm³/mol. The minimum absolute atomic E-state index is 0.314. The molecule has 0 aromatic heterocycles. The second-order valence-electron chi connectivity index (χ2n) is 4.61. The summed E-state index contributed by atoms with van der Waals surface area (Å²) in [4.78, 5) is 12.7. The van der Waals surface area contributed by atoms with Gasteiger partial charge < -0.3 is 10.0 Å². The van der Waals surface area contributed by atoms with Crippen molar-refractivity contribution in [3.05, 3.63) is 28.8 Å². The largest absolute Gasteiger partial charge is 0.391 e. The average Bonchev–Trinajstić information content (AvgIpc) is 2.32. The molecule has 0 bridgehead atoms. The van der Waals surface area contributed by atoms with Crippen molar-refractivity contribution in [3.63, 3.8) is 0 Å². The molecule has 2 unspecified atom stereocenters. The molecule has 2 rings (SSSR count). The van der Waals surface area contributed by atoms with Crippen molar-refractivity contribution >= 4 is 23.6 Å². The zero-order chi connectivity index (χ0) is 12.4.